The van der Waals surface area contributed by atoms with Gasteiger partial charge in [-0.1, -0.05) is 13.8 Å². The lowest BCUT2D eigenvalue weighted by molar-refractivity contribution is 0.399. The highest BCUT2D eigenvalue weighted by Crippen LogP contribution is 2.06. The molecule has 3 nitrogen and oxygen atoms in total. The summed E-state index contributed by atoms with van der Waals surface area (Å²) in [6, 6.07) is 1.09. The lowest BCUT2D eigenvalue weighted by Gasteiger charge is -2.20. The predicted octanol–water partition coefficient (Wildman–Crippen LogP) is 2.36. The molecular formula is C12H23N3. The number of nitrogens with one attached hydrogen (secondary N) is 2. The molecule has 3 heteroatoms. The highest BCUT2D eigenvalue weighted by atomic mass is 14.9. The summed E-state index contributed by atoms with van der Waals surface area (Å²) in [6.07, 6.45) is 5.88. The Labute approximate surface area is 92.7 Å². The fourth-order valence-electron chi connectivity index (χ4n) is 2.05. The Balaban J connectivity index is 2.26. The van der Waals surface area contributed by atoms with Crippen LogP contribution in [0.4, 0.5) is 0 Å². The average molecular weight is 209 g/mol. The van der Waals surface area contributed by atoms with E-state index in [1.807, 2.05) is 6.20 Å². The molecule has 0 spiro atoms. The molecule has 0 bridgehead atoms. The first-order chi connectivity index (χ1) is 7.08. The highest BCUT2D eigenvalue weighted by Gasteiger charge is 2.09. The summed E-state index contributed by atoms with van der Waals surface area (Å²) in [5.74, 6) is 0.756. The first-order valence-corrected chi connectivity index (χ1v) is 5.81. The number of nitrogens with zero attached hydrogens (tertiary/aromatic N) is 1. The van der Waals surface area contributed by atoms with Crippen molar-refractivity contribution in [1.82, 2.24) is 15.3 Å². The Kier molecular flexibility index (Phi) is 4.82. The van der Waals surface area contributed by atoms with Crippen molar-refractivity contribution < 1.29 is 0 Å². The van der Waals surface area contributed by atoms with Crippen molar-refractivity contribution in [2.45, 2.75) is 52.6 Å². The van der Waals surface area contributed by atoms with Gasteiger partial charge in [-0.15, -0.1) is 0 Å². The van der Waals surface area contributed by atoms with Gasteiger partial charge in [0.25, 0.3) is 0 Å². The largest absolute Gasteiger partial charge is 0.348 e. The third kappa shape index (κ3) is 4.98. The van der Waals surface area contributed by atoms with Gasteiger partial charge < -0.3 is 10.3 Å². The summed E-state index contributed by atoms with van der Waals surface area (Å²) >= 11 is 0. The maximum atomic E-state index is 4.02. The van der Waals surface area contributed by atoms with E-state index in [4.69, 9.17) is 0 Å². The van der Waals surface area contributed by atoms with Crippen LogP contribution in [0.3, 0.4) is 0 Å². The van der Waals surface area contributed by atoms with E-state index in [-0.39, 0.29) is 0 Å². The molecule has 1 rings (SSSR count). The number of hydrogen-bond donors (Lipinski definition) is 2. The van der Waals surface area contributed by atoms with Gasteiger partial charge in [0.15, 0.2) is 0 Å². The zero-order valence-corrected chi connectivity index (χ0v) is 10.2. The van der Waals surface area contributed by atoms with E-state index in [0.717, 1.165) is 12.3 Å². The zero-order chi connectivity index (χ0) is 11.3. The number of aromatic amines is 1. The summed E-state index contributed by atoms with van der Waals surface area (Å²) in [6.45, 7) is 9.00. The zero-order valence-electron chi connectivity index (χ0n) is 10.2. The van der Waals surface area contributed by atoms with Crippen LogP contribution in [0.25, 0.3) is 0 Å². The van der Waals surface area contributed by atoms with E-state index in [9.17, 15) is 0 Å². The van der Waals surface area contributed by atoms with Crippen molar-refractivity contribution in [1.29, 1.82) is 0 Å². The fraction of sp³-hybridized carbons (Fsp3) is 0.750. The summed E-state index contributed by atoms with van der Waals surface area (Å²) in [4.78, 5) is 7.15. The molecule has 0 saturated heterocycles. The Bertz CT molecular complexity index is 254. The molecule has 0 fully saturated rings. The van der Waals surface area contributed by atoms with Crippen LogP contribution >= 0.6 is 0 Å². The van der Waals surface area contributed by atoms with Gasteiger partial charge >= 0.3 is 0 Å². The maximum Gasteiger partial charge on any atom is 0.0921 e. The molecule has 1 unspecified atom stereocenters. The van der Waals surface area contributed by atoms with Crippen LogP contribution in [0.5, 0.6) is 0 Å². The van der Waals surface area contributed by atoms with Crippen molar-refractivity contribution >= 4 is 0 Å². The molecule has 2 N–H and O–H groups in total. The Morgan fingerprint density at radius 1 is 1.27 bits per heavy atom. The minimum atomic E-state index is 0.499. The highest BCUT2D eigenvalue weighted by molar-refractivity contribution is 4.96. The van der Waals surface area contributed by atoms with Crippen LogP contribution in [0.2, 0.25) is 0 Å². The lowest BCUT2D eigenvalue weighted by Crippen LogP contribution is -2.36. The molecule has 0 aliphatic heterocycles. The Hall–Kier alpha value is -0.830. The van der Waals surface area contributed by atoms with Crippen molar-refractivity contribution in [3.63, 3.8) is 0 Å². The molecule has 0 aromatic carbocycles. The van der Waals surface area contributed by atoms with E-state index in [1.54, 1.807) is 6.33 Å². The first kappa shape index (κ1) is 12.2. The van der Waals surface area contributed by atoms with Crippen LogP contribution in [0.1, 0.15) is 39.8 Å². The summed E-state index contributed by atoms with van der Waals surface area (Å²) in [5, 5.41) is 3.60. The number of hydrogen-bond acceptors (Lipinski definition) is 2. The van der Waals surface area contributed by atoms with Gasteiger partial charge in [-0.3, -0.25) is 0 Å². The number of H-pyrrole nitrogens is 1. The van der Waals surface area contributed by atoms with Gasteiger partial charge in [0.2, 0.25) is 0 Å². The van der Waals surface area contributed by atoms with Gasteiger partial charge in [-0.05, 0) is 26.2 Å². The predicted molar refractivity (Wildman–Crippen MR) is 63.8 cm³/mol. The summed E-state index contributed by atoms with van der Waals surface area (Å²) in [5.41, 5.74) is 1.20. The number of rotatable bonds is 6. The normalized spacial score (nSPS) is 15.5. The third-order valence-corrected chi connectivity index (χ3v) is 2.47. The quantitative estimate of drug-likeness (QED) is 0.755. The van der Waals surface area contributed by atoms with Gasteiger partial charge in [-0.25, -0.2) is 4.98 Å². The second-order valence-corrected chi connectivity index (χ2v) is 4.88. The third-order valence-electron chi connectivity index (χ3n) is 2.47. The summed E-state index contributed by atoms with van der Waals surface area (Å²) < 4.78 is 0. The maximum absolute atomic E-state index is 4.02. The monoisotopic (exact) mass is 209 g/mol. The van der Waals surface area contributed by atoms with Crippen molar-refractivity contribution in [2.24, 2.45) is 5.92 Å². The standard InChI is InChI=1S/C12H23N3/c1-9(2)5-10(3)15-11(4)6-12-7-13-8-14-12/h7-11,15H,5-6H2,1-4H3,(H,13,14)/t10?,11-/m1/s1. The number of aromatic nitrogens is 2. The Morgan fingerprint density at radius 2 is 2.00 bits per heavy atom. The van der Waals surface area contributed by atoms with E-state index in [1.165, 1.54) is 12.1 Å². The summed E-state index contributed by atoms with van der Waals surface area (Å²) in [7, 11) is 0. The lowest BCUT2D eigenvalue weighted by atomic mass is 10.0. The fourth-order valence-corrected chi connectivity index (χ4v) is 2.05. The second kappa shape index (κ2) is 5.91. The smallest absolute Gasteiger partial charge is 0.0921 e. The van der Waals surface area contributed by atoms with Crippen molar-refractivity contribution in [3.8, 4) is 0 Å². The van der Waals surface area contributed by atoms with E-state index in [0.29, 0.717) is 12.1 Å². The van der Waals surface area contributed by atoms with E-state index in [2.05, 4.69) is 43.0 Å². The first-order valence-electron chi connectivity index (χ1n) is 5.81. The van der Waals surface area contributed by atoms with Crippen LogP contribution in [0, 0.1) is 5.92 Å². The van der Waals surface area contributed by atoms with Gasteiger partial charge in [-0.2, -0.15) is 0 Å². The average Bonchev–Trinajstić information content (AvgIpc) is 2.53. The molecule has 15 heavy (non-hydrogen) atoms. The molecule has 1 aromatic heterocycles. The molecule has 0 amide bonds. The number of imidazole rings is 1. The molecule has 1 aromatic rings. The molecule has 1 heterocycles. The minimum absolute atomic E-state index is 0.499. The van der Waals surface area contributed by atoms with E-state index < -0.39 is 0 Å². The van der Waals surface area contributed by atoms with Crippen molar-refractivity contribution in [2.75, 3.05) is 0 Å². The molecule has 86 valence electrons. The minimum Gasteiger partial charge on any atom is -0.348 e. The molecule has 0 aliphatic carbocycles. The molecule has 0 aliphatic rings. The van der Waals surface area contributed by atoms with Crippen LogP contribution < -0.4 is 5.32 Å². The topological polar surface area (TPSA) is 40.7 Å². The van der Waals surface area contributed by atoms with Gasteiger partial charge in [0.1, 0.15) is 0 Å². The molecule has 2 atom stereocenters. The van der Waals surface area contributed by atoms with Crippen LogP contribution in [-0.2, 0) is 6.42 Å². The second-order valence-electron chi connectivity index (χ2n) is 4.88. The van der Waals surface area contributed by atoms with Crippen LogP contribution in [0.15, 0.2) is 12.5 Å². The molecule has 0 radical (unpaired) electrons. The molecular weight excluding hydrogens is 186 g/mol. The van der Waals surface area contributed by atoms with Gasteiger partial charge in [0.05, 0.1) is 6.33 Å². The van der Waals surface area contributed by atoms with Crippen LogP contribution in [-0.4, -0.2) is 22.1 Å². The SMILES string of the molecule is CC(C)CC(C)N[C@H](C)Cc1cnc[nH]1. The van der Waals surface area contributed by atoms with Crippen molar-refractivity contribution in [3.05, 3.63) is 18.2 Å². The Morgan fingerprint density at radius 3 is 2.53 bits per heavy atom. The molecule has 0 saturated carbocycles. The van der Waals surface area contributed by atoms with E-state index >= 15 is 0 Å². The van der Waals surface area contributed by atoms with Gasteiger partial charge in [0, 0.05) is 30.4 Å².